The van der Waals surface area contributed by atoms with E-state index in [9.17, 15) is 9.59 Å². The van der Waals surface area contributed by atoms with Crippen molar-refractivity contribution in [2.24, 2.45) is 5.73 Å². The SMILES string of the molecule is C=C1C(=O)N(c2ccccc2)c2cc(C(N)=O)ccc21.Cl. The molecule has 1 aliphatic heterocycles. The number of para-hydroxylation sites is 1. The van der Waals surface area contributed by atoms with Gasteiger partial charge in [-0.05, 0) is 24.3 Å². The summed E-state index contributed by atoms with van der Waals surface area (Å²) in [6, 6.07) is 14.2. The van der Waals surface area contributed by atoms with Crippen molar-refractivity contribution in [2.75, 3.05) is 4.90 Å². The summed E-state index contributed by atoms with van der Waals surface area (Å²) in [5.41, 5.74) is 8.18. The van der Waals surface area contributed by atoms with Crippen molar-refractivity contribution in [2.45, 2.75) is 0 Å². The number of hydrogen-bond donors (Lipinski definition) is 1. The molecule has 106 valence electrons. The average Bonchev–Trinajstić information content (AvgIpc) is 2.71. The van der Waals surface area contributed by atoms with Crippen LogP contribution in [0.2, 0.25) is 0 Å². The first-order valence-electron chi connectivity index (χ1n) is 6.12. The maximum Gasteiger partial charge on any atom is 0.262 e. The van der Waals surface area contributed by atoms with Crippen LogP contribution in [-0.4, -0.2) is 11.8 Å². The number of nitrogens with zero attached hydrogens (tertiary/aromatic N) is 1. The Morgan fingerprint density at radius 2 is 1.76 bits per heavy atom. The molecule has 1 aliphatic rings. The van der Waals surface area contributed by atoms with E-state index in [1.165, 1.54) is 0 Å². The van der Waals surface area contributed by atoms with Gasteiger partial charge in [0, 0.05) is 22.4 Å². The third-order valence-electron chi connectivity index (χ3n) is 3.32. The fraction of sp³-hybridized carbons (Fsp3) is 0. The van der Waals surface area contributed by atoms with Crippen LogP contribution in [0.4, 0.5) is 11.4 Å². The van der Waals surface area contributed by atoms with Crippen molar-refractivity contribution in [1.82, 2.24) is 0 Å². The van der Waals surface area contributed by atoms with Crippen LogP contribution in [0.25, 0.3) is 5.57 Å². The molecule has 21 heavy (non-hydrogen) atoms. The Balaban J connectivity index is 0.00000161. The predicted molar refractivity (Wildman–Crippen MR) is 84.8 cm³/mol. The largest absolute Gasteiger partial charge is 0.366 e. The van der Waals surface area contributed by atoms with Crippen LogP contribution in [0.5, 0.6) is 0 Å². The van der Waals surface area contributed by atoms with Gasteiger partial charge in [-0.25, -0.2) is 0 Å². The fourth-order valence-corrected chi connectivity index (χ4v) is 2.32. The molecule has 4 nitrogen and oxygen atoms in total. The summed E-state index contributed by atoms with van der Waals surface area (Å²) in [5.74, 6) is -0.710. The number of rotatable bonds is 2. The lowest BCUT2D eigenvalue weighted by Crippen LogP contribution is -2.20. The summed E-state index contributed by atoms with van der Waals surface area (Å²) in [7, 11) is 0. The highest BCUT2D eigenvalue weighted by Gasteiger charge is 2.32. The lowest BCUT2D eigenvalue weighted by Gasteiger charge is -2.17. The molecule has 0 aliphatic carbocycles. The van der Waals surface area contributed by atoms with E-state index in [2.05, 4.69) is 6.58 Å². The number of carbonyl (C=O) groups excluding carboxylic acids is 2. The summed E-state index contributed by atoms with van der Waals surface area (Å²) in [5, 5.41) is 0. The van der Waals surface area contributed by atoms with Gasteiger partial charge in [0.15, 0.2) is 0 Å². The highest BCUT2D eigenvalue weighted by Crippen LogP contribution is 2.40. The van der Waals surface area contributed by atoms with Gasteiger partial charge in [-0.1, -0.05) is 30.8 Å². The number of hydrogen-bond acceptors (Lipinski definition) is 2. The Kier molecular flexibility index (Phi) is 3.82. The third-order valence-corrected chi connectivity index (χ3v) is 3.32. The van der Waals surface area contributed by atoms with Crippen molar-refractivity contribution >= 4 is 41.2 Å². The molecule has 0 saturated heterocycles. The molecule has 0 fully saturated rings. The van der Waals surface area contributed by atoms with Crippen molar-refractivity contribution in [3.8, 4) is 0 Å². The van der Waals surface area contributed by atoms with E-state index in [0.717, 1.165) is 11.3 Å². The van der Waals surface area contributed by atoms with E-state index in [4.69, 9.17) is 5.73 Å². The number of anilines is 2. The Labute approximate surface area is 128 Å². The van der Waals surface area contributed by atoms with E-state index >= 15 is 0 Å². The van der Waals surface area contributed by atoms with Crippen molar-refractivity contribution in [1.29, 1.82) is 0 Å². The van der Waals surface area contributed by atoms with Gasteiger partial charge in [-0.15, -0.1) is 12.4 Å². The number of halogens is 1. The van der Waals surface area contributed by atoms with Crippen LogP contribution in [-0.2, 0) is 4.79 Å². The lowest BCUT2D eigenvalue weighted by molar-refractivity contribution is -0.112. The topological polar surface area (TPSA) is 63.4 Å². The second-order valence-corrected chi connectivity index (χ2v) is 4.55. The van der Waals surface area contributed by atoms with Crippen LogP contribution in [0.3, 0.4) is 0 Å². The predicted octanol–water partition coefficient (Wildman–Crippen LogP) is 2.90. The van der Waals surface area contributed by atoms with Gasteiger partial charge in [0.25, 0.3) is 5.91 Å². The molecule has 0 aromatic heterocycles. The standard InChI is InChI=1S/C16H12N2O2.ClH/c1-10-13-8-7-11(15(17)19)9-14(13)18(16(10)20)12-5-3-2-4-6-12;/h2-9H,1H2,(H2,17,19);1H. The van der Waals surface area contributed by atoms with Crippen LogP contribution in [0.1, 0.15) is 15.9 Å². The zero-order valence-electron chi connectivity index (χ0n) is 11.1. The first kappa shape index (κ1) is 14.8. The highest BCUT2D eigenvalue weighted by molar-refractivity contribution is 6.34. The number of carbonyl (C=O) groups is 2. The number of primary amides is 1. The molecule has 0 radical (unpaired) electrons. The molecule has 2 N–H and O–H groups in total. The zero-order chi connectivity index (χ0) is 14.3. The van der Waals surface area contributed by atoms with Crippen LogP contribution < -0.4 is 10.6 Å². The van der Waals surface area contributed by atoms with Crippen molar-refractivity contribution in [3.05, 3.63) is 66.2 Å². The van der Waals surface area contributed by atoms with Crippen LogP contribution in [0.15, 0.2) is 55.1 Å². The maximum atomic E-state index is 12.4. The average molecular weight is 301 g/mol. The molecule has 1 heterocycles. The number of benzene rings is 2. The number of fused-ring (bicyclic) bond motifs is 1. The smallest absolute Gasteiger partial charge is 0.262 e. The van der Waals surface area contributed by atoms with Crippen molar-refractivity contribution < 1.29 is 9.59 Å². The molecule has 5 heteroatoms. The highest BCUT2D eigenvalue weighted by atomic mass is 35.5. The van der Waals surface area contributed by atoms with Gasteiger partial charge in [0.1, 0.15) is 0 Å². The molecular formula is C16H13ClN2O2. The summed E-state index contributed by atoms with van der Waals surface area (Å²) < 4.78 is 0. The van der Waals surface area contributed by atoms with Crippen LogP contribution in [0, 0.1) is 0 Å². The van der Waals surface area contributed by atoms with Gasteiger partial charge in [0.2, 0.25) is 5.91 Å². The number of amides is 2. The van der Waals surface area contributed by atoms with E-state index in [1.54, 1.807) is 23.1 Å². The molecule has 2 aromatic carbocycles. The maximum absolute atomic E-state index is 12.4. The molecular weight excluding hydrogens is 288 g/mol. The molecule has 0 atom stereocenters. The molecule has 2 amide bonds. The first-order valence-corrected chi connectivity index (χ1v) is 6.12. The fourth-order valence-electron chi connectivity index (χ4n) is 2.32. The van der Waals surface area contributed by atoms with Crippen molar-refractivity contribution in [3.63, 3.8) is 0 Å². The minimum Gasteiger partial charge on any atom is -0.366 e. The van der Waals surface area contributed by atoms with E-state index in [1.807, 2.05) is 30.3 Å². The quantitative estimate of drug-likeness (QED) is 0.867. The molecule has 0 saturated carbocycles. The monoisotopic (exact) mass is 300 g/mol. The van der Waals surface area contributed by atoms with E-state index < -0.39 is 5.91 Å². The van der Waals surface area contributed by atoms with Gasteiger partial charge in [-0.3, -0.25) is 14.5 Å². The summed E-state index contributed by atoms with van der Waals surface area (Å²) in [4.78, 5) is 25.2. The van der Waals surface area contributed by atoms with Gasteiger partial charge in [-0.2, -0.15) is 0 Å². The van der Waals surface area contributed by atoms with Gasteiger partial charge >= 0.3 is 0 Å². The molecule has 2 aromatic rings. The summed E-state index contributed by atoms with van der Waals surface area (Å²) in [6.45, 7) is 3.82. The normalized spacial score (nSPS) is 12.9. The minimum absolute atomic E-state index is 0. The Morgan fingerprint density at radius 3 is 2.38 bits per heavy atom. The van der Waals surface area contributed by atoms with E-state index in [0.29, 0.717) is 16.8 Å². The second-order valence-electron chi connectivity index (χ2n) is 4.55. The summed E-state index contributed by atoms with van der Waals surface area (Å²) >= 11 is 0. The zero-order valence-corrected chi connectivity index (χ0v) is 11.9. The molecule has 0 bridgehead atoms. The molecule has 0 spiro atoms. The second kappa shape index (κ2) is 5.42. The molecule has 3 rings (SSSR count). The Morgan fingerprint density at radius 1 is 1.10 bits per heavy atom. The van der Waals surface area contributed by atoms with Gasteiger partial charge < -0.3 is 5.73 Å². The Hall–Kier alpha value is -2.59. The first-order chi connectivity index (χ1) is 9.59. The number of nitrogens with two attached hydrogens (primary N) is 1. The van der Waals surface area contributed by atoms with E-state index in [-0.39, 0.29) is 18.3 Å². The minimum atomic E-state index is -0.522. The molecule has 0 unspecified atom stereocenters. The van der Waals surface area contributed by atoms with Gasteiger partial charge in [0.05, 0.1) is 5.69 Å². The van der Waals surface area contributed by atoms with Crippen LogP contribution >= 0.6 is 12.4 Å². The lowest BCUT2D eigenvalue weighted by atomic mass is 10.1. The Bertz CT molecular complexity index is 741. The summed E-state index contributed by atoms with van der Waals surface area (Å²) in [6.07, 6.45) is 0. The third kappa shape index (κ3) is 2.30.